The van der Waals surface area contributed by atoms with Gasteiger partial charge in [-0.05, 0) is 54.4 Å². The lowest BCUT2D eigenvalue weighted by atomic mass is 9.50. The number of benzene rings is 8. The quantitative estimate of drug-likeness (QED) is 0.0958. The molecule has 0 unspecified atom stereocenters. The van der Waals surface area contributed by atoms with Gasteiger partial charge >= 0.3 is 13.7 Å². The van der Waals surface area contributed by atoms with Crippen molar-refractivity contribution in [1.29, 1.82) is 5.26 Å². The van der Waals surface area contributed by atoms with Gasteiger partial charge in [0.05, 0.1) is 42.4 Å². The third-order valence-corrected chi connectivity index (χ3v) is 16.5. The van der Waals surface area contributed by atoms with Gasteiger partial charge in [0.2, 0.25) is 5.70 Å². The third kappa shape index (κ3) is 8.33. The van der Waals surface area contributed by atoms with E-state index in [2.05, 4.69) is 160 Å². The predicted octanol–water partition coefficient (Wildman–Crippen LogP) is 11.6. The van der Waals surface area contributed by atoms with Crippen LogP contribution in [-0.2, 0) is 6.42 Å². The summed E-state index contributed by atoms with van der Waals surface area (Å²) in [7, 11) is 0. The zero-order chi connectivity index (χ0) is 50.3. The van der Waals surface area contributed by atoms with E-state index >= 15 is 0 Å². The number of aromatic nitrogens is 4. The summed E-state index contributed by atoms with van der Waals surface area (Å²) in [5.41, 5.74) is 11.1. The Balaban J connectivity index is 1.44. The summed E-state index contributed by atoms with van der Waals surface area (Å²) in [5.74, 6) is 0. The van der Waals surface area contributed by atoms with E-state index in [0.717, 1.165) is 81.1 Å². The van der Waals surface area contributed by atoms with Crippen LogP contribution in [0.4, 0.5) is 0 Å². The molecule has 0 atom stereocenters. The van der Waals surface area contributed by atoms with Crippen molar-refractivity contribution in [3.63, 3.8) is 0 Å². The second-order valence-electron chi connectivity index (χ2n) is 18.1. The average molecular weight is 1030 g/mol. The number of halogens is 2. The van der Waals surface area contributed by atoms with Crippen LogP contribution in [-0.4, -0.2) is 32.6 Å². The first-order valence-electron chi connectivity index (χ1n) is 24.1. The highest BCUT2D eigenvalue weighted by molar-refractivity contribution is 7.20. The fourth-order valence-electron chi connectivity index (χ4n) is 10.5. The van der Waals surface area contributed by atoms with Gasteiger partial charge in [-0.3, -0.25) is 0 Å². The molecule has 0 N–H and O–H groups in total. The lowest BCUT2D eigenvalue weighted by Gasteiger charge is -2.25. The maximum atomic E-state index is 12.2. The third-order valence-electron chi connectivity index (χ3n) is 13.7. The summed E-state index contributed by atoms with van der Waals surface area (Å²) < 4.78 is 6.70. The Morgan fingerprint density at radius 2 is 1.05 bits per heavy atom. The van der Waals surface area contributed by atoms with Gasteiger partial charge in [0.15, 0.2) is 0 Å². The average Bonchev–Trinajstić information content (AvgIpc) is 4.25. The van der Waals surface area contributed by atoms with Crippen molar-refractivity contribution in [1.82, 2.24) is 18.9 Å². The standard InChI is InChI=1S/C62H40B2Cl2N6S2/c1-40-21-15-16-30-46(40)58-56-55(60(57(68-2)62-70-51-32-18-20-34-54(51)74-62)72(58)64(44-26-11-5-12-27-44)45-28-13-6-14-29-45)52(38-41-35-36-48(65)49(66)37-41)71(63(42-22-7-3-8-23-42)43-24-9-4-10-25-43)59(56)47(39-67)61-69-50-31-17-19-33-53(50)73-61/h3-37H,38H2,1H3/b59-47-,60-57+. The molecular formula is C62H40B2Cl2N6S2. The highest BCUT2D eigenvalue weighted by atomic mass is 35.5. The number of hydrogen-bond donors (Lipinski definition) is 0. The van der Waals surface area contributed by atoms with Gasteiger partial charge in [0.25, 0.3) is 0 Å². The van der Waals surface area contributed by atoms with Crippen LogP contribution in [0.5, 0.6) is 0 Å². The molecule has 0 bridgehead atoms. The molecule has 0 aliphatic carbocycles. The maximum Gasteiger partial charge on any atom is 0.327 e. The topological polar surface area (TPSA) is 63.8 Å². The van der Waals surface area contributed by atoms with Crippen molar-refractivity contribution >= 4 is 124 Å². The van der Waals surface area contributed by atoms with E-state index in [-0.39, 0.29) is 0 Å². The molecule has 0 aliphatic heterocycles. The first-order valence-corrected chi connectivity index (χ1v) is 26.5. The number of aryl methyl sites for hydroxylation is 1. The van der Waals surface area contributed by atoms with Gasteiger partial charge in [-0.1, -0.05) is 221 Å². The van der Waals surface area contributed by atoms with Crippen LogP contribution < -0.4 is 32.5 Å². The van der Waals surface area contributed by atoms with Crippen LogP contribution >= 0.6 is 45.9 Å². The number of fused-ring (bicyclic) bond motifs is 3. The summed E-state index contributed by atoms with van der Waals surface area (Å²) in [6.07, 6.45) is 0.332. The molecule has 350 valence electrons. The van der Waals surface area contributed by atoms with E-state index < -0.39 is 13.7 Å². The zero-order valence-corrected chi connectivity index (χ0v) is 43.0. The fourth-order valence-corrected chi connectivity index (χ4v) is 12.7. The monoisotopic (exact) mass is 1020 g/mol. The van der Waals surface area contributed by atoms with Crippen LogP contribution in [0.3, 0.4) is 0 Å². The van der Waals surface area contributed by atoms with Crippen LogP contribution in [0.1, 0.15) is 26.8 Å². The second kappa shape index (κ2) is 20.0. The molecule has 0 saturated heterocycles. The highest BCUT2D eigenvalue weighted by Crippen LogP contribution is 2.37. The predicted molar refractivity (Wildman–Crippen MR) is 312 cm³/mol. The summed E-state index contributed by atoms with van der Waals surface area (Å²) in [6, 6.07) is 75.1. The van der Waals surface area contributed by atoms with Gasteiger partial charge in [-0.25, -0.2) is 14.8 Å². The summed E-state index contributed by atoms with van der Waals surface area (Å²) in [6.45, 7) is 10.7. The normalized spacial score (nSPS) is 12.2. The second-order valence-corrected chi connectivity index (χ2v) is 21.0. The summed E-state index contributed by atoms with van der Waals surface area (Å²) >= 11 is 16.7. The molecule has 4 aromatic heterocycles. The molecule has 0 radical (unpaired) electrons. The summed E-state index contributed by atoms with van der Waals surface area (Å²) in [5, 5.41) is 17.2. The zero-order valence-electron chi connectivity index (χ0n) is 39.8. The van der Waals surface area contributed by atoms with Crippen molar-refractivity contribution in [3.05, 3.63) is 271 Å². The van der Waals surface area contributed by atoms with Crippen molar-refractivity contribution in [2.45, 2.75) is 13.3 Å². The Morgan fingerprint density at radius 3 is 1.57 bits per heavy atom. The Morgan fingerprint density at radius 1 is 0.568 bits per heavy atom. The first kappa shape index (κ1) is 46.8. The van der Waals surface area contributed by atoms with E-state index in [0.29, 0.717) is 48.4 Å². The van der Waals surface area contributed by atoms with Crippen molar-refractivity contribution < 1.29 is 0 Å². The van der Waals surface area contributed by atoms with Gasteiger partial charge in [0, 0.05) is 39.5 Å². The molecule has 0 saturated carbocycles. The van der Waals surface area contributed by atoms with E-state index in [9.17, 15) is 11.8 Å². The van der Waals surface area contributed by atoms with Crippen molar-refractivity contribution in [3.8, 4) is 17.3 Å². The van der Waals surface area contributed by atoms with Gasteiger partial charge < -0.3 is 8.96 Å². The lowest BCUT2D eigenvalue weighted by molar-refractivity contribution is 1.01. The fraction of sp³-hybridized carbons (Fsp3) is 0.0323. The number of nitriles is 1. The van der Waals surface area contributed by atoms with Crippen molar-refractivity contribution in [2.24, 2.45) is 0 Å². The number of hydrogen-bond acceptors (Lipinski definition) is 5. The molecule has 0 amide bonds. The number of nitrogens with zero attached hydrogens (tertiary/aromatic N) is 6. The highest BCUT2D eigenvalue weighted by Gasteiger charge is 2.37. The smallest absolute Gasteiger partial charge is 0.327 e. The molecule has 12 rings (SSSR count). The molecule has 6 nitrogen and oxygen atoms in total. The maximum absolute atomic E-state index is 12.2. The largest absolute Gasteiger partial charge is 0.384 e. The van der Waals surface area contributed by atoms with Gasteiger partial charge in [0.1, 0.15) is 21.7 Å². The molecule has 0 aliphatic rings. The lowest BCUT2D eigenvalue weighted by Crippen LogP contribution is -2.54. The molecule has 8 aromatic carbocycles. The minimum atomic E-state index is -0.487. The van der Waals surface area contributed by atoms with E-state index in [1.807, 2.05) is 78.9 Å². The summed E-state index contributed by atoms with van der Waals surface area (Å²) in [4.78, 5) is 15.2. The number of rotatable bonds is 11. The van der Waals surface area contributed by atoms with Gasteiger partial charge in [-0.15, -0.1) is 22.7 Å². The van der Waals surface area contributed by atoms with Gasteiger partial charge in [-0.2, -0.15) is 5.26 Å². The Kier molecular flexibility index (Phi) is 12.7. The van der Waals surface area contributed by atoms with E-state index in [1.165, 1.54) is 22.7 Å². The molecule has 0 spiro atoms. The van der Waals surface area contributed by atoms with Crippen LogP contribution in [0.2, 0.25) is 10.0 Å². The molecule has 12 aromatic rings. The van der Waals surface area contributed by atoms with E-state index in [1.54, 1.807) is 0 Å². The SMILES string of the molecule is [C-]#[N+]/C(c1nc2ccccc2s1)=c1\c2c(Cc3ccc(Cl)c(Cl)c3)n(B(c3ccccc3)c3ccccc3)/c(=C(/C#N)c3nc4ccccc4s3)c2c(-c2ccccc2C)n1B(c1ccccc1)c1ccccc1. The molecule has 0 fully saturated rings. The Labute approximate surface area is 447 Å². The van der Waals surface area contributed by atoms with Crippen molar-refractivity contribution in [2.75, 3.05) is 0 Å². The Hall–Kier alpha value is -8.21. The molecule has 4 heterocycles. The van der Waals surface area contributed by atoms with Crippen LogP contribution in [0, 0.1) is 24.8 Å². The molecular weight excluding hydrogens is 985 g/mol. The molecule has 12 heteroatoms. The Bertz CT molecular complexity index is 4070. The molecule has 74 heavy (non-hydrogen) atoms. The number of para-hydroxylation sites is 2. The number of thiazole rings is 2. The van der Waals surface area contributed by atoms with Crippen LogP contribution in [0.15, 0.2) is 212 Å². The van der Waals surface area contributed by atoms with Crippen LogP contribution in [0.25, 0.3) is 58.6 Å². The van der Waals surface area contributed by atoms with E-state index in [4.69, 9.17) is 33.2 Å². The minimum absolute atomic E-state index is 0.332. The first-order chi connectivity index (χ1) is 36.4. The minimum Gasteiger partial charge on any atom is -0.384 e.